The molecule has 0 radical (unpaired) electrons. The highest BCUT2D eigenvalue weighted by atomic mass is 28.3. The molecular weight excluding hydrogens is 647 g/mol. The van der Waals surface area contributed by atoms with E-state index in [4.69, 9.17) is 0 Å². The standard InChI is InChI=1S/C46H32F2N2Si/c47-35-19-23-37(24-20-35)51(38-25-21-36(48)22-26-38)49(45-29-27-39(33-11-3-1-4-12-33)41-15-7-9-17-43(41)45)31-32-50(51)46-30-28-40(34-13-5-2-6-14-34)42-16-8-10-18-44(42)46/h1-32H. The number of hydrogen-bond donors (Lipinski definition) is 0. The summed E-state index contributed by atoms with van der Waals surface area (Å²) in [5, 5.41) is 6.38. The predicted molar refractivity (Wildman–Crippen MR) is 211 cm³/mol. The summed E-state index contributed by atoms with van der Waals surface area (Å²) in [5.41, 5.74) is 6.62. The molecule has 0 amide bonds. The fraction of sp³-hybridized carbons (Fsp3) is 0. The molecule has 0 N–H and O–H groups in total. The molecule has 1 aliphatic rings. The molecule has 8 aromatic rings. The van der Waals surface area contributed by atoms with Crippen LogP contribution in [0, 0.1) is 11.6 Å². The Labute approximate surface area is 297 Å². The van der Waals surface area contributed by atoms with Gasteiger partial charge in [-0.1, -0.05) is 146 Å². The van der Waals surface area contributed by atoms with E-state index in [2.05, 4.69) is 143 Å². The smallest absolute Gasteiger partial charge is 0.339 e. The maximum atomic E-state index is 14.7. The number of hydrogen-bond acceptors (Lipinski definition) is 2. The zero-order valence-corrected chi connectivity index (χ0v) is 28.6. The number of anilines is 2. The number of nitrogens with zero attached hydrogens (tertiary/aromatic N) is 2. The molecular formula is C46H32F2N2Si. The van der Waals surface area contributed by atoms with Crippen LogP contribution in [0.4, 0.5) is 20.2 Å². The molecule has 0 atom stereocenters. The van der Waals surface area contributed by atoms with Gasteiger partial charge in [0.2, 0.25) is 0 Å². The third-order valence-corrected chi connectivity index (χ3v) is 14.5. The Morgan fingerprint density at radius 3 is 1.08 bits per heavy atom. The summed E-state index contributed by atoms with van der Waals surface area (Å²) >= 11 is 0. The summed E-state index contributed by atoms with van der Waals surface area (Å²) in [6, 6.07) is 60.4. The van der Waals surface area contributed by atoms with Crippen LogP contribution in [0.5, 0.6) is 0 Å². The van der Waals surface area contributed by atoms with Crippen LogP contribution in [0.25, 0.3) is 43.8 Å². The topological polar surface area (TPSA) is 6.48 Å². The Hall–Kier alpha value is -6.30. The molecule has 0 bridgehead atoms. The molecule has 5 heteroatoms. The minimum Gasteiger partial charge on any atom is -0.348 e. The Bertz CT molecular complexity index is 2370. The van der Waals surface area contributed by atoms with Crippen molar-refractivity contribution in [2.45, 2.75) is 0 Å². The Morgan fingerprint density at radius 2 is 0.686 bits per heavy atom. The van der Waals surface area contributed by atoms with E-state index in [0.29, 0.717) is 0 Å². The average molecular weight is 679 g/mol. The lowest BCUT2D eigenvalue weighted by atomic mass is 9.97. The van der Waals surface area contributed by atoms with Crippen molar-refractivity contribution in [3.05, 3.63) is 206 Å². The van der Waals surface area contributed by atoms with E-state index in [9.17, 15) is 8.78 Å². The molecule has 244 valence electrons. The van der Waals surface area contributed by atoms with Crippen LogP contribution in [0.15, 0.2) is 194 Å². The normalized spacial score (nSPS) is 13.7. The molecule has 51 heavy (non-hydrogen) atoms. The highest BCUT2D eigenvalue weighted by molar-refractivity contribution is 7.08. The van der Waals surface area contributed by atoms with Gasteiger partial charge in [0.15, 0.2) is 0 Å². The van der Waals surface area contributed by atoms with Gasteiger partial charge in [0.1, 0.15) is 11.6 Å². The van der Waals surface area contributed by atoms with Gasteiger partial charge in [-0.15, -0.1) is 0 Å². The van der Waals surface area contributed by atoms with Gasteiger partial charge in [-0.05, 0) is 79.8 Å². The monoisotopic (exact) mass is 678 g/mol. The lowest BCUT2D eigenvalue weighted by Crippen LogP contribution is -2.75. The van der Waals surface area contributed by atoms with Gasteiger partial charge in [0, 0.05) is 34.5 Å². The zero-order chi connectivity index (χ0) is 34.4. The van der Waals surface area contributed by atoms with E-state index in [1.165, 1.54) is 24.3 Å². The number of halogens is 2. The predicted octanol–water partition coefficient (Wildman–Crippen LogP) is 10.7. The molecule has 8 aromatic carbocycles. The summed E-state index contributed by atoms with van der Waals surface area (Å²) < 4.78 is 34.3. The van der Waals surface area contributed by atoms with Gasteiger partial charge in [0.05, 0.1) is 0 Å². The van der Waals surface area contributed by atoms with Crippen molar-refractivity contribution in [3.63, 3.8) is 0 Å². The first-order chi connectivity index (χ1) is 25.1. The van der Waals surface area contributed by atoms with E-state index in [1.54, 1.807) is 0 Å². The first-order valence-corrected chi connectivity index (χ1v) is 19.0. The number of rotatable bonds is 6. The van der Waals surface area contributed by atoms with Crippen molar-refractivity contribution in [2.75, 3.05) is 9.13 Å². The first kappa shape index (κ1) is 30.7. The van der Waals surface area contributed by atoms with Crippen molar-refractivity contribution >= 4 is 51.7 Å². The van der Waals surface area contributed by atoms with Crippen molar-refractivity contribution in [1.82, 2.24) is 0 Å². The van der Waals surface area contributed by atoms with Crippen LogP contribution in [-0.4, -0.2) is 8.40 Å². The molecule has 1 aliphatic heterocycles. The van der Waals surface area contributed by atoms with Crippen molar-refractivity contribution in [1.29, 1.82) is 0 Å². The lowest BCUT2D eigenvalue weighted by Gasteiger charge is -2.44. The molecule has 9 rings (SSSR count). The second-order valence-corrected chi connectivity index (χ2v) is 16.3. The largest absolute Gasteiger partial charge is 0.348 e. The maximum absolute atomic E-state index is 14.7. The molecule has 1 heterocycles. The molecule has 0 spiro atoms. The molecule has 0 aliphatic carbocycles. The summed E-state index contributed by atoms with van der Waals surface area (Å²) in [4.78, 5) is 0. The molecule has 0 unspecified atom stereocenters. The Morgan fingerprint density at radius 1 is 0.333 bits per heavy atom. The summed E-state index contributed by atoms with van der Waals surface area (Å²) in [7, 11) is -3.38. The third-order valence-electron chi connectivity index (χ3n) is 10.0. The van der Waals surface area contributed by atoms with Gasteiger partial charge in [-0.3, -0.25) is 0 Å². The number of fused-ring (bicyclic) bond motifs is 2. The summed E-state index contributed by atoms with van der Waals surface area (Å²) in [6.45, 7) is 0. The van der Waals surface area contributed by atoms with Crippen LogP contribution in [0.1, 0.15) is 0 Å². The highest BCUT2D eigenvalue weighted by Gasteiger charge is 2.53. The van der Waals surface area contributed by atoms with E-state index >= 15 is 0 Å². The second-order valence-electron chi connectivity index (χ2n) is 12.8. The van der Waals surface area contributed by atoms with Crippen LogP contribution in [-0.2, 0) is 0 Å². The highest BCUT2D eigenvalue weighted by Crippen LogP contribution is 2.43. The first-order valence-electron chi connectivity index (χ1n) is 17.1. The quantitative estimate of drug-likeness (QED) is 0.162. The van der Waals surface area contributed by atoms with Gasteiger partial charge in [0.25, 0.3) is 0 Å². The summed E-state index contributed by atoms with van der Waals surface area (Å²) in [6.07, 6.45) is 4.31. The maximum Gasteiger partial charge on any atom is 0.339 e. The van der Waals surface area contributed by atoms with Crippen molar-refractivity contribution < 1.29 is 8.78 Å². The minimum atomic E-state index is -3.38. The van der Waals surface area contributed by atoms with Crippen LogP contribution in [0.2, 0.25) is 0 Å². The molecule has 0 saturated heterocycles. The van der Waals surface area contributed by atoms with E-state index < -0.39 is 8.40 Å². The lowest BCUT2D eigenvalue weighted by molar-refractivity contribution is 0.628. The Kier molecular flexibility index (Phi) is 7.56. The second kappa shape index (κ2) is 12.5. The Balaban J connectivity index is 1.34. The average Bonchev–Trinajstić information content (AvgIpc) is 3.58. The molecule has 2 nitrogen and oxygen atoms in total. The fourth-order valence-corrected chi connectivity index (χ4v) is 12.4. The third kappa shape index (κ3) is 5.05. The van der Waals surface area contributed by atoms with E-state index in [1.807, 2.05) is 36.4 Å². The van der Waals surface area contributed by atoms with Gasteiger partial charge < -0.3 is 9.13 Å². The minimum absolute atomic E-state index is 0.304. The van der Waals surface area contributed by atoms with E-state index in [0.717, 1.165) is 65.5 Å². The van der Waals surface area contributed by atoms with Gasteiger partial charge >= 0.3 is 8.40 Å². The van der Waals surface area contributed by atoms with Gasteiger partial charge in [-0.25, -0.2) is 8.78 Å². The SMILES string of the molecule is Fc1ccc([Si]2(c3ccc(F)cc3)N(c3ccc(-c4ccccc4)c4ccccc34)C=CN2c2ccc(-c3ccccc3)c3ccccc23)cc1. The summed E-state index contributed by atoms with van der Waals surface area (Å²) in [5.74, 6) is -0.609. The molecule has 0 saturated carbocycles. The fourth-order valence-electron chi connectivity index (χ4n) is 7.79. The van der Waals surface area contributed by atoms with Crippen molar-refractivity contribution in [3.8, 4) is 22.3 Å². The van der Waals surface area contributed by atoms with E-state index in [-0.39, 0.29) is 11.6 Å². The number of benzene rings is 8. The van der Waals surface area contributed by atoms with Crippen LogP contribution in [0.3, 0.4) is 0 Å². The molecule has 0 fully saturated rings. The zero-order valence-electron chi connectivity index (χ0n) is 27.6. The molecule has 0 aromatic heterocycles. The van der Waals surface area contributed by atoms with Gasteiger partial charge in [-0.2, -0.15) is 0 Å². The van der Waals surface area contributed by atoms with Crippen molar-refractivity contribution in [2.24, 2.45) is 0 Å². The van der Waals surface area contributed by atoms with Crippen LogP contribution < -0.4 is 19.5 Å². The van der Waals surface area contributed by atoms with Crippen LogP contribution >= 0.6 is 0 Å².